The van der Waals surface area contributed by atoms with Gasteiger partial charge in [-0.25, -0.2) is 18.1 Å². The first kappa shape index (κ1) is 23.8. The largest absolute Gasteiger partial charge is 0.296 e. The monoisotopic (exact) mass is 516 g/mol. The van der Waals surface area contributed by atoms with Crippen molar-refractivity contribution < 1.29 is 8.42 Å². The van der Waals surface area contributed by atoms with Crippen LogP contribution in [0.25, 0.3) is 22.6 Å². The Morgan fingerprint density at radius 2 is 1.47 bits per heavy atom. The van der Waals surface area contributed by atoms with E-state index in [1.807, 2.05) is 89.3 Å². The SMILES string of the molecule is Cc1c(-n2c(-c3ccc(S(C)(=O)=O)cc3)csc2=Nc2ccccc2)c(=O)n(-c2ccccc2)n1C. The lowest BCUT2D eigenvalue weighted by Gasteiger charge is -2.09. The standard InChI is InChI=1S/C27H24N4O3S2/c1-19-25(26(32)31(29(19)2)22-12-8-5-9-13-22)30-24(20-14-16-23(17-15-20)36(3,33)34)18-35-27(30)28-21-10-6-4-7-11-21/h4-18H,1-3H3. The number of sulfone groups is 1. The number of hydrogen-bond acceptors (Lipinski definition) is 5. The zero-order valence-electron chi connectivity index (χ0n) is 20.0. The predicted octanol–water partition coefficient (Wildman–Crippen LogP) is 4.64. The molecule has 0 aliphatic rings. The van der Waals surface area contributed by atoms with E-state index in [2.05, 4.69) is 0 Å². The molecule has 9 heteroatoms. The van der Waals surface area contributed by atoms with Crippen LogP contribution in [0.15, 0.2) is 105 Å². The molecule has 0 atom stereocenters. The Bertz CT molecular complexity index is 1780. The molecule has 0 spiro atoms. The van der Waals surface area contributed by atoms with Crippen molar-refractivity contribution in [2.24, 2.45) is 12.0 Å². The summed E-state index contributed by atoms with van der Waals surface area (Å²) < 4.78 is 29.3. The lowest BCUT2D eigenvalue weighted by Crippen LogP contribution is -2.24. The van der Waals surface area contributed by atoms with E-state index in [0.29, 0.717) is 10.5 Å². The highest BCUT2D eigenvalue weighted by atomic mass is 32.2. The van der Waals surface area contributed by atoms with Crippen LogP contribution in [-0.2, 0) is 16.9 Å². The molecule has 0 aliphatic carbocycles. The topological polar surface area (TPSA) is 78.4 Å². The van der Waals surface area contributed by atoms with Gasteiger partial charge in [0, 0.05) is 18.7 Å². The molecular formula is C27H24N4O3S2. The molecular weight excluding hydrogens is 492 g/mol. The van der Waals surface area contributed by atoms with Crippen molar-refractivity contribution in [3.63, 3.8) is 0 Å². The van der Waals surface area contributed by atoms with E-state index in [9.17, 15) is 13.2 Å². The quantitative estimate of drug-likeness (QED) is 0.341. The van der Waals surface area contributed by atoms with Gasteiger partial charge < -0.3 is 0 Å². The number of aromatic nitrogens is 3. The maximum absolute atomic E-state index is 13.9. The third-order valence-electron chi connectivity index (χ3n) is 6.01. The molecule has 0 amide bonds. The molecule has 5 rings (SSSR count). The Morgan fingerprint density at radius 3 is 2.08 bits per heavy atom. The molecule has 182 valence electrons. The van der Waals surface area contributed by atoms with Crippen LogP contribution in [0.3, 0.4) is 0 Å². The minimum Gasteiger partial charge on any atom is -0.283 e. The molecule has 3 aromatic carbocycles. The molecule has 0 bridgehead atoms. The second-order valence-electron chi connectivity index (χ2n) is 8.39. The summed E-state index contributed by atoms with van der Waals surface area (Å²) in [5, 5.41) is 1.94. The Morgan fingerprint density at radius 1 is 0.861 bits per heavy atom. The number of nitrogens with zero attached hydrogens (tertiary/aromatic N) is 4. The summed E-state index contributed by atoms with van der Waals surface area (Å²) in [6.07, 6.45) is 1.18. The van der Waals surface area contributed by atoms with Crippen molar-refractivity contribution in [3.8, 4) is 22.6 Å². The minimum absolute atomic E-state index is 0.178. The zero-order chi connectivity index (χ0) is 25.4. The van der Waals surface area contributed by atoms with Crippen molar-refractivity contribution in [2.45, 2.75) is 11.8 Å². The van der Waals surface area contributed by atoms with Gasteiger partial charge in [-0.2, -0.15) is 0 Å². The molecule has 0 unspecified atom stereocenters. The molecule has 7 nitrogen and oxygen atoms in total. The number of rotatable bonds is 5. The van der Waals surface area contributed by atoms with Gasteiger partial charge in [-0.1, -0.05) is 48.5 Å². The zero-order valence-corrected chi connectivity index (χ0v) is 21.6. The highest BCUT2D eigenvalue weighted by Crippen LogP contribution is 2.26. The fraction of sp³-hybridized carbons (Fsp3) is 0.111. The third kappa shape index (κ3) is 4.27. The van der Waals surface area contributed by atoms with Crippen LogP contribution in [0, 0.1) is 6.92 Å². The van der Waals surface area contributed by atoms with Crippen LogP contribution in [0.5, 0.6) is 0 Å². The van der Waals surface area contributed by atoms with E-state index >= 15 is 0 Å². The Hall–Kier alpha value is -3.95. The number of hydrogen-bond donors (Lipinski definition) is 0. The van der Waals surface area contributed by atoms with E-state index in [4.69, 9.17) is 4.99 Å². The van der Waals surface area contributed by atoms with E-state index in [-0.39, 0.29) is 10.5 Å². The summed E-state index contributed by atoms with van der Waals surface area (Å²) in [7, 11) is -1.47. The first-order valence-corrected chi connectivity index (χ1v) is 14.0. The van der Waals surface area contributed by atoms with Gasteiger partial charge in [0.05, 0.1) is 27.7 Å². The number of benzene rings is 3. The lowest BCUT2D eigenvalue weighted by molar-refractivity contribution is 0.602. The summed E-state index contributed by atoms with van der Waals surface area (Å²) in [4.78, 5) is 19.6. The molecule has 2 heterocycles. The molecule has 0 N–H and O–H groups in total. The van der Waals surface area contributed by atoms with Gasteiger partial charge in [0.1, 0.15) is 5.69 Å². The summed E-state index contributed by atoms with van der Waals surface area (Å²) in [6, 6.07) is 25.7. The van der Waals surface area contributed by atoms with Gasteiger partial charge in [-0.3, -0.25) is 14.0 Å². The summed E-state index contributed by atoms with van der Waals surface area (Å²) in [5.74, 6) is 0. The van der Waals surface area contributed by atoms with Crippen LogP contribution in [0.4, 0.5) is 5.69 Å². The molecule has 0 fully saturated rings. The van der Waals surface area contributed by atoms with Crippen molar-refractivity contribution in [3.05, 3.63) is 111 Å². The average molecular weight is 517 g/mol. The molecule has 2 aromatic heterocycles. The van der Waals surface area contributed by atoms with Crippen LogP contribution in [0.1, 0.15) is 5.69 Å². The first-order valence-electron chi connectivity index (χ1n) is 11.2. The van der Waals surface area contributed by atoms with E-state index in [0.717, 1.165) is 28.3 Å². The molecule has 0 aliphatic heterocycles. The highest BCUT2D eigenvalue weighted by Gasteiger charge is 2.22. The summed E-state index contributed by atoms with van der Waals surface area (Å²) in [5.41, 5.74) is 4.14. The van der Waals surface area contributed by atoms with Gasteiger partial charge in [0.25, 0.3) is 5.56 Å². The molecule has 0 saturated heterocycles. The van der Waals surface area contributed by atoms with Crippen LogP contribution < -0.4 is 10.4 Å². The fourth-order valence-electron chi connectivity index (χ4n) is 4.10. The van der Waals surface area contributed by atoms with Crippen molar-refractivity contribution in [2.75, 3.05) is 6.26 Å². The Labute approximate surface area is 212 Å². The first-order chi connectivity index (χ1) is 17.3. The number of para-hydroxylation sites is 2. The Balaban J connectivity index is 1.80. The highest BCUT2D eigenvalue weighted by molar-refractivity contribution is 7.90. The second-order valence-corrected chi connectivity index (χ2v) is 11.2. The van der Waals surface area contributed by atoms with Gasteiger partial charge in [-0.05, 0) is 48.9 Å². The van der Waals surface area contributed by atoms with Crippen LogP contribution >= 0.6 is 11.3 Å². The van der Waals surface area contributed by atoms with Gasteiger partial charge in [-0.15, -0.1) is 11.3 Å². The molecule has 0 saturated carbocycles. The smallest absolute Gasteiger partial charge is 0.283 e. The van der Waals surface area contributed by atoms with Crippen molar-refractivity contribution >= 4 is 26.9 Å². The van der Waals surface area contributed by atoms with Gasteiger partial charge in [0.2, 0.25) is 0 Å². The maximum atomic E-state index is 13.9. The number of thiazole rings is 1. The summed E-state index contributed by atoms with van der Waals surface area (Å²) >= 11 is 1.42. The molecule has 0 radical (unpaired) electrons. The van der Waals surface area contributed by atoms with Crippen LogP contribution in [-0.4, -0.2) is 28.6 Å². The maximum Gasteiger partial charge on any atom is 0.296 e. The normalized spacial score (nSPS) is 12.2. The molecule has 36 heavy (non-hydrogen) atoms. The van der Waals surface area contributed by atoms with Crippen molar-refractivity contribution in [1.82, 2.24) is 13.9 Å². The molecule has 5 aromatic rings. The van der Waals surface area contributed by atoms with E-state index in [1.165, 1.54) is 17.6 Å². The van der Waals surface area contributed by atoms with E-state index < -0.39 is 9.84 Å². The Kier molecular flexibility index (Phi) is 6.11. The van der Waals surface area contributed by atoms with E-state index in [1.54, 1.807) is 28.9 Å². The second kappa shape index (κ2) is 9.25. The van der Waals surface area contributed by atoms with Gasteiger partial charge >= 0.3 is 0 Å². The minimum atomic E-state index is -3.33. The lowest BCUT2D eigenvalue weighted by atomic mass is 10.1. The van der Waals surface area contributed by atoms with Crippen molar-refractivity contribution in [1.29, 1.82) is 0 Å². The average Bonchev–Trinajstić information content (AvgIpc) is 3.37. The predicted molar refractivity (Wildman–Crippen MR) is 143 cm³/mol. The fourth-order valence-corrected chi connectivity index (χ4v) is 5.65. The van der Waals surface area contributed by atoms with Crippen LogP contribution in [0.2, 0.25) is 0 Å². The van der Waals surface area contributed by atoms with Gasteiger partial charge in [0.15, 0.2) is 14.6 Å². The third-order valence-corrected chi connectivity index (χ3v) is 7.97. The summed E-state index contributed by atoms with van der Waals surface area (Å²) in [6.45, 7) is 1.91.